The fourth-order valence-corrected chi connectivity index (χ4v) is 2.66. The molecule has 7 heteroatoms. The smallest absolute Gasteiger partial charge is 0.267 e. The van der Waals surface area contributed by atoms with Gasteiger partial charge in [-0.15, -0.1) is 11.8 Å². The van der Waals surface area contributed by atoms with E-state index in [1.807, 2.05) is 30.5 Å². The third-order valence-corrected chi connectivity index (χ3v) is 4.25. The molecule has 0 aliphatic rings. The fraction of sp³-hybridized carbons (Fsp3) is 0.111. The zero-order valence-electron chi connectivity index (χ0n) is 13.5. The largest absolute Gasteiger partial charge is 0.324 e. The Morgan fingerprint density at radius 1 is 1.08 bits per heavy atom. The van der Waals surface area contributed by atoms with Gasteiger partial charge in [0, 0.05) is 34.6 Å². The predicted molar refractivity (Wildman–Crippen MR) is 98.6 cm³/mol. The number of nitrogens with one attached hydrogen (secondary N) is 1. The summed E-state index contributed by atoms with van der Waals surface area (Å²) in [6.45, 7) is -0.151. The lowest BCUT2D eigenvalue weighted by Gasteiger charge is -2.08. The second kappa shape index (κ2) is 7.76. The lowest BCUT2D eigenvalue weighted by atomic mass is 10.2. The lowest BCUT2D eigenvalue weighted by Crippen LogP contribution is -2.29. The van der Waals surface area contributed by atoms with Crippen molar-refractivity contribution >= 4 is 23.4 Å². The Bertz CT molecular complexity index is 924. The molecule has 0 aliphatic heterocycles. The van der Waals surface area contributed by atoms with Crippen LogP contribution in [0.2, 0.25) is 0 Å². The maximum absolute atomic E-state index is 12.2. The Labute approximate surface area is 148 Å². The third-order valence-electron chi connectivity index (χ3n) is 3.51. The molecule has 0 unspecified atom stereocenters. The van der Waals surface area contributed by atoms with E-state index >= 15 is 0 Å². The number of benzene rings is 1. The minimum Gasteiger partial charge on any atom is -0.324 e. The number of amides is 1. The van der Waals surface area contributed by atoms with Gasteiger partial charge < -0.3 is 5.32 Å². The van der Waals surface area contributed by atoms with Crippen LogP contribution in [0.4, 0.5) is 5.69 Å². The van der Waals surface area contributed by atoms with Crippen LogP contribution < -0.4 is 10.9 Å². The van der Waals surface area contributed by atoms with E-state index in [2.05, 4.69) is 15.4 Å². The molecule has 0 saturated heterocycles. The number of anilines is 1. The first kappa shape index (κ1) is 16.9. The van der Waals surface area contributed by atoms with E-state index in [0.717, 1.165) is 15.1 Å². The molecule has 0 atom stereocenters. The quantitative estimate of drug-likeness (QED) is 0.715. The maximum Gasteiger partial charge on any atom is 0.267 e. The summed E-state index contributed by atoms with van der Waals surface area (Å²) in [7, 11) is 0. The van der Waals surface area contributed by atoms with E-state index in [-0.39, 0.29) is 18.0 Å². The second-order valence-corrected chi connectivity index (χ2v) is 6.11. The monoisotopic (exact) mass is 352 g/mol. The number of carbonyl (C=O) groups excluding carboxylic acids is 1. The molecular weight excluding hydrogens is 336 g/mol. The van der Waals surface area contributed by atoms with Gasteiger partial charge in [-0.1, -0.05) is 0 Å². The first-order valence-electron chi connectivity index (χ1n) is 7.58. The summed E-state index contributed by atoms with van der Waals surface area (Å²) in [4.78, 5) is 29.3. The summed E-state index contributed by atoms with van der Waals surface area (Å²) in [6.07, 6.45) is 5.29. The number of pyridine rings is 1. The molecule has 0 aliphatic carbocycles. The van der Waals surface area contributed by atoms with E-state index in [0.29, 0.717) is 11.4 Å². The molecule has 0 saturated carbocycles. The van der Waals surface area contributed by atoms with Crippen LogP contribution in [0.1, 0.15) is 0 Å². The molecule has 3 aromatic rings. The minimum absolute atomic E-state index is 0.151. The summed E-state index contributed by atoms with van der Waals surface area (Å²) in [5, 5.41) is 7.03. The molecule has 1 N–H and O–H groups in total. The Morgan fingerprint density at radius 2 is 1.80 bits per heavy atom. The Balaban J connectivity index is 1.75. The van der Waals surface area contributed by atoms with Gasteiger partial charge in [0.25, 0.3) is 5.56 Å². The van der Waals surface area contributed by atoms with Crippen molar-refractivity contribution in [1.82, 2.24) is 14.8 Å². The molecule has 0 fully saturated rings. The molecular formula is C18H16N4O2S. The van der Waals surface area contributed by atoms with Crippen molar-refractivity contribution in [3.63, 3.8) is 0 Å². The molecule has 3 rings (SSSR count). The standard InChI is InChI=1S/C18H16N4O2S/c1-25-15-4-2-14(3-5-15)20-17(23)12-22-18(24)7-6-16(21-22)13-8-10-19-11-9-13/h2-11H,12H2,1H3,(H,20,23). The van der Waals surface area contributed by atoms with Gasteiger partial charge in [0.1, 0.15) is 6.54 Å². The van der Waals surface area contributed by atoms with E-state index in [4.69, 9.17) is 0 Å². The van der Waals surface area contributed by atoms with E-state index in [1.165, 1.54) is 6.07 Å². The highest BCUT2D eigenvalue weighted by atomic mass is 32.2. The topological polar surface area (TPSA) is 76.9 Å². The molecule has 25 heavy (non-hydrogen) atoms. The van der Waals surface area contributed by atoms with Crippen LogP contribution in [-0.2, 0) is 11.3 Å². The van der Waals surface area contributed by atoms with E-state index < -0.39 is 0 Å². The number of nitrogens with zero attached hydrogens (tertiary/aromatic N) is 3. The fourth-order valence-electron chi connectivity index (χ4n) is 2.25. The lowest BCUT2D eigenvalue weighted by molar-refractivity contribution is -0.117. The minimum atomic E-state index is -0.328. The Kier molecular flexibility index (Phi) is 5.25. The molecule has 1 amide bonds. The van der Waals surface area contributed by atoms with Gasteiger partial charge in [-0.2, -0.15) is 5.10 Å². The molecule has 6 nitrogen and oxygen atoms in total. The van der Waals surface area contributed by atoms with Gasteiger partial charge >= 0.3 is 0 Å². The van der Waals surface area contributed by atoms with Crippen molar-refractivity contribution in [3.05, 3.63) is 71.3 Å². The van der Waals surface area contributed by atoms with E-state index in [9.17, 15) is 9.59 Å². The number of aromatic nitrogens is 3. The molecule has 2 heterocycles. The van der Waals surface area contributed by atoms with Crippen molar-refractivity contribution < 1.29 is 4.79 Å². The van der Waals surface area contributed by atoms with Crippen molar-refractivity contribution in [3.8, 4) is 11.3 Å². The summed E-state index contributed by atoms with van der Waals surface area (Å²) < 4.78 is 1.15. The first-order valence-corrected chi connectivity index (χ1v) is 8.80. The second-order valence-electron chi connectivity index (χ2n) is 5.23. The van der Waals surface area contributed by atoms with Crippen LogP contribution in [0, 0.1) is 0 Å². The van der Waals surface area contributed by atoms with Crippen LogP contribution in [0.5, 0.6) is 0 Å². The summed E-state index contributed by atoms with van der Waals surface area (Å²) >= 11 is 1.63. The summed E-state index contributed by atoms with van der Waals surface area (Å²) in [6, 6.07) is 14.1. The third kappa shape index (κ3) is 4.33. The molecule has 0 bridgehead atoms. The molecule has 1 aromatic carbocycles. The van der Waals surface area contributed by atoms with Crippen LogP contribution in [0.25, 0.3) is 11.3 Å². The number of hydrogen-bond donors (Lipinski definition) is 1. The molecule has 0 spiro atoms. The summed E-state index contributed by atoms with van der Waals surface area (Å²) in [5.41, 5.74) is 1.79. The SMILES string of the molecule is CSc1ccc(NC(=O)Cn2nc(-c3ccncc3)ccc2=O)cc1. The van der Waals surface area contributed by atoms with Crippen LogP contribution in [0.15, 0.2) is 70.6 Å². The number of hydrogen-bond acceptors (Lipinski definition) is 5. The average Bonchev–Trinajstić information content (AvgIpc) is 2.65. The molecule has 0 radical (unpaired) electrons. The van der Waals surface area contributed by atoms with Crippen LogP contribution in [0.3, 0.4) is 0 Å². The predicted octanol–water partition coefficient (Wildman–Crippen LogP) is 2.67. The summed E-state index contributed by atoms with van der Waals surface area (Å²) in [5.74, 6) is -0.307. The van der Waals surface area contributed by atoms with Gasteiger partial charge in [-0.3, -0.25) is 14.6 Å². The number of carbonyl (C=O) groups is 1. The average molecular weight is 352 g/mol. The highest BCUT2D eigenvalue weighted by Crippen LogP contribution is 2.17. The molecule has 2 aromatic heterocycles. The van der Waals surface area contributed by atoms with Crippen molar-refractivity contribution in [2.75, 3.05) is 11.6 Å². The zero-order valence-corrected chi connectivity index (χ0v) is 14.4. The number of rotatable bonds is 5. The van der Waals surface area contributed by atoms with Crippen LogP contribution >= 0.6 is 11.8 Å². The highest BCUT2D eigenvalue weighted by Gasteiger charge is 2.08. The van der Waals surface area contributed by atoms with Crippen molar-refractivity contribution in [2.24, 2.45) is 0 Å². The van der Waals surface area contributed by atoms with E-state index in [1.54, 1.807) is 42.4 Å². The Hall–Kier alpha value is -2.93. The molecule has 126 valence electrons. The zero-order chi connectivity index (χ0) is 17.6. The number of thioether (sulfide) groups is 1. The van der Waals surface area contributed by atoms with Gasteiger partial charge in [-0.05, 0) is 48.7 Å². The van der Waals surface area contributed by atoms with Crippen molar-refractivity contribution in [1.29, 1.82) is 0 Å². The maximum atomic E-state index is 12.2. The highest BCUT2D eigenvalue weighted by molar-refractivity contribution is 7.98. The van der Waals surface area contributed by atoms with Crippen LogP contribution in [-0.4, -0.2) is 26.9 Å². The van der Waals surface area contributed by atoms with Gasteiger partial charge in [-0.25, -0.2) is 4.68 Å². The van der Waals surface area contributed by atoms with Crippen molar-refractivity contribution in [2.45, 2.75) is 11.4 Å². The van der Waals surface area contributed by atoms with Gasteiger partial charge in [0.05, 0.1) is 5.69 Å². The first-order chi connectivity index (χ1) is 12.2. The van der Waals surface area contributed by atoms with Gasteiger partial charge in [0.15, 0.2) is 0 Å². The van der Waals surface area contributed by atoms with Gasteiger partial charge in [0.2, 0.25) is 5.91 Å². The Morgan fingerprint density at radius 3 is 2.48 bits per heavy atom. The normalized spacial score (nSPS) is 10.4.